The molecular formula is C26H27ClN6O. The van der Waals surface area contributed by atoms with E-state index >= 15 is 0 Å². The minimum atomic E-state index is 0.214. The number of aromatic nitrogens is 4. The van der Waals surface area contributed by atoms with Crippen molar-refractivity contribution in [2.45, 2.75) is 32.1 Å². The Balaban J connectivity index is 1.41. The highest BCUT2D eigenvalue weighted by molar-refractivity contribution is 6.30. The second kappa shape index (κ2) is 8.87. The summed E-state index contributed by atoms with van der Waals surface area (Å²) in [6.07, 6.45) is 5.34. The van der Waals surface area contributed by atoms with Crippen molar-refractivity contribution in [2.75, 3.05) is 31.1 Å². The van der Waals surface area contributed by atoms with Gasteiger partial charge in [0.05, 0.1) is 5.52 Å². The van der Waals surface area contributed by atoms with Gasteiger partial charge in [-0.15, -0.1) is 10.2 Å². The molecule has 0 radical (unpaired) electrons. The molecule has 2 aromatic carbocycles. The van der Waals surface area contributed by atoms with Gasteiger partial charge in [-0.1, -0.05) is 36.6 Å². The van der Waals surface area contributed by atoms with Gasteiger partial charge in [0.1, 0.15) is 0 Å². The molecule has 0 unspecified atom stereocenters. The fraction of sp³-hybridized carbons (Fsp3) is 0.385. The zero-order valence-electron chi connectivity index (χ0n) is 19.0. The van der Waals surface area contributed by atoms with Crippen LogP contribution in [0.4, 0.5) is 5.95 Å². The van der Waals surface area contributed by atoms with Crippen LogP contribution in [0, 0.1) is 5.92 Å². The summed E-state index contributed by atoms with van der Waals surface area (Å²) in [7, 11) is 0. The molecular weight excluding hydrogens is 448 g/mol. The van der Waals surface area contributed by atoms with Gasteiger partial charge in [0.15, 0.2) is 11.5 Å². The number of hydrogen-bond acceptors (Lipinski definition) is 5. The summed E-state index contributed by atoms with van der Waals surface area (Å²) in [5.41, 5.74) is 2.61. The molecule has 3 heterocycles. The monoisotopic (exact) mass is 474 g/mol. The zero-order valence-corrected chi connectivity index (χ0v) is 19.8. The number of rotatable bonds is 3. The molecule has 0 bridgehead atoms. The quantitative estimate of drug-likeness (QED) is 0.425. The Morgan fingerprint density at radius 2 is 1.68 bits per heavy atom. The van der Waals surface area contributed by atoms with Crippen LogP contribution in [-0.2, 0) is 4.79 Å². The Morgan fingerprint density at radius 3 is 2.50 bits per heavy atom. The molecule has 8 heteroatoms. The summed E-state index contributed by atoms with van der Waals surface area (Å²) < 4.78 is 2.06. The van der Waals surface area contributed by atoms with Gasteiger partial charge in [0.2, 0.25) is 11.9 Å². The Labute approximate surface area is 203 Å². The molecule has 0 N–H and O–H groups in total. The van der Waals surface area contributed by atoms with Crippen molar-refractivity contribution in [3.05, 3.63) is 53.6 Å². The van der Waals surface area contributed by atoms with E-state index in [-0.39, 0.29) is 5.92 Å². The third kappa shape index (κ3) is 3.78. The molecule has 1 amide bonds. The van der Waals surface area contributed by atoms with Crippen molar-refractivity contribution in [1.29, 1.82) is 0 Å². The minimum absolute atomic E-state index is 0.214. The van der Waals surface area contributed by atoms with E-state index in [9.17, 15) is 4.79 Å². The first-order valence-corrected chi connectivity index (χ1v) is 12.5. The van der Waals surface area contributed by atoms with E-state index in [1.165, 1.54) is 12.8 Å². The van der Waals surface area contributed by atoms with Crippen LogP contribution in [0.5, 0.6) is 0 Å². The van der Waals surface area contributed by atoms with E-state index in [2.05, 4.69) is 24.4 Å². The van der Waals surface area contributed by atoms with Gasteiger partial charge < -0.3 is 9.80 Å². The molecule has 1 aliphatic heterocycles. The molecule has 174 valence electrons. The summed E-state index contributed by atoms with van der Waals surface area (Å²) in [5, 5.41) is 10.8. The second-order valence-electron chi connectivity index (χ2n) is 9.27. The van der Waals surface area contributed by atoms with Crippen LogP contribution in [0.3, 0.4) is 0 Å². The van der Waals surface area contributed by atoms with E-state index in [1.54, 1.807) is 0 Å². The molecule has 1 saturated heterocycles. The van der Waals surface area contributed by atoms with Gasteiger partial charge in [0.25, 0.3) is 0 Å². The van der Waals surface area contributed by atoms with E-state index in [0.29, 0.717) is 17.5 Å². The zero-order chi connectivity index (χ0) is 23.1. The third-order valence-electron chi connectivity index (χ3n) is 7.13. The Morgan fingerprint density at radius 1 is 0.882 bits per heavy atom. The standard InChI is InChI=1S/C26H27ClN6O/c27-20-12-10-18(11-13-20)23-29-30-24-21-8-3-4-9-22(21)28-26(33(23)24)32-15-5-14-31(16-17-32)25(34)19-6-1-2-7-19/h3-4,8-13,19H,1-2,5-7,14-17H2. The molecule has 34 heavy (non-hydrogen) atoms. The predicted molar refractivity (Wildman–Crippen MR) is 134 cm³/mol. The molecule has 2 aromatic heterocycles. The Hall–Kier alpha value is -3.19. The van der Waals surface area contributed by atoms with Crippen LogP contribution in [0.1, 0.15) is 32.1 Å². The van der Waals surface area contributed by atoms with Crippen molar-refractivity contribution in [3.8, 4) is 11.4 Å². The molecule has 4 aromatic rings. The lowest BCUT2D eigenvalue weighted by Crippen LogP contribution is -2.38. The van der Waals surface area contributed by atoms with E-state index in [0.717, 1.165) is 72.8 Å². The molecule has 0 atom stereocenters. The van der Waals surface area contributed by atoms with Crippen molar-refractivity contribution in [2.24, 2.45) is 5.92 Å². The predicted octanol–water partition coefficient (Wildman–Crippen LogP) is 4.83. The van der Waals surface area contributed by atoms with Crippen molar-refractivity contribution < 1.29 is 4.79 Å². The first-order chi connectivity index (χ1) is 16.7. The SMILES string of the molecule is O=C(C1CCCC1)N1CCCN(c2nc3ccccc3c3nnc(-c4ccc(Cl)cc4)n23)CC1. The van der Waals surface area contributed by atoms with Gasteiger partial charge in [-0.25, -0.2) is 9.38 Å². The lowest BCUT2D eigenvalue weighted by Gasteiger charge is -2.25. The summed E-state index contributed by atoms with van der Waals surface area (Å²) in [5.74, 6) is 2.11. The molecule has 0 spiro atoms. The number of hydrogen-bond donors (Lipinski definition) is 0. The molecule has 1 saturated carbocycles. The lowest BCUT2D eigenvalue weighted by atomic mass is 10.1. The Kier molecular flexibility index (Phi) is 5.57. The summed E-state index contributed by atoms with van der Waals surface area (Å²) >= 11 is 6.13. The normalized spacial score (nSPS) is 17.6. The number of carbonyl (C=O) groups excluding carboxylic acids is 1. The van der Waals surface area contributed by atoms with Crippen LogP contribution in [-0.4, -0.2) is 56.6 Å². The maximum absolute atomic E-state index is 13.1. The van der Waals surface area contributed by atoms with Crippen LogP contribution >= 0.6 is 11.6 Å². The van der Waals surface area contributed by atoms with E-state index in [1.807, 2.05) is 48.5 Å². The number of nitrogens with zero attached hydrogens (tertiary/aromatic N) is 6. The lowest BCUT2D eigenvalue weighted by molar-refractivity contribution is -0.135. The van der Waals surface area contributed by atoms with Crippen LogP contribution in [0.25, 0.3) is 27.9 Å². The second-order valence-corrected chi connectivity index (χ2v) is 9.70. The number of fused-ring (bicyclic) bond motifs is 3. The maximum atomic E-state index is 13.1. The molecule has 7 nitrogen and oxygen atoms in total. The van der Waals surface area contributed by atoms with Gasteiger partial charge >= 0.3 is 0 Å². The van der Waals surface area contributed by atoms with Gasteiger partial charge in [-0.2, -0.15) is 0 Å². The number of anilines is 1. The first kappa shape index (κ1) is 21.4. The summed E-state index contributed by atoms with van der Waals surface area (Å²) in [6.45, 7) is 3.07. The molecule has 1 aliphatic carbocycles. The smallest absolute Gasteiger partial charge is 0.225 e. The minimum Gasteiger partial charge on any atom is -0.341 e. The van der Waals surface area contributed by atoms with Crippen LogP contribution < -0.4 is 4.90 Å². The summed E-state index contributed by atoms with van der Waals surface area (Å²) in [4.78, 5) is 22.5. The number of carbonyl (C=O) groups is 1. The first-order valence-electron chi connectivity index (χ1n) is 12.1. The fourth-order valence-corrected chi connectivity index (χ4v) is 5.46. The van der Waals surface area contributed by atoms with Crippen molar-refractivity contribution in [1.82, 2.24) is 24.5 Å². The van der Waals surface area contributed by atoms with E-state index in [4.69, 9.17) is 16.6 Å². The maximum Gasteiger partial charge on any atom is 0.225 e. The number of amides is 1. The average Bonchev–Trinajstić information content (AvgIpc) is 3.50. The highest BCUT2D eigenvalue weighted by atomic mass is 35.5. The highest BCUT2D eigenvalue weighted by Gasteiger charge is 2.29. The number of halogens is 1. The topological polar surface area (TPSA) is 66.6 Å². The third-order valence-corrected chi connectivity index (χ3v) is 7.38. The largest absolute Gasteiger partial charge is 0.341 e. The van der Waals surface area contributed by atoms with E-state index < -0.39 is 0 Å². The number of para-hydroxylation sites is 1. The van der Waals surface area contributed by atoms with Gasteiger partial charge in [-0.05, 0) is 55.7 Å². The van der Waals surface area contributed by atoms with Gasteiger partial charge in [0, 0.05) is 48.1 Å². The molecule has 2 aliphatic rings. The van der Waals surface area contributed by atoms with Crippen molar-refractivity contribution in [3.63, 3.8) is 0 Å². The number of benzene rings is 2. The highest BCUT2D eigenvalue weighted by Crippen LogP contribution is 2.30. The van der Waals surface area contributed by atoms with Crippen molar-refractivity contribution >= 4 is 40.0 Å². The molecule has 6 rings (SSSR count). The fourth-order valence-electron chi connectivity index (χ4n) is 5.33. The molecule has 2 fully saturated rings. The summed E-state index contributed by atoms with van der Waals surface area (Å²) in [6, 6.07) is 15.7. The Bertz CT molecular complexity index is 1340. The van der Waals surface area contributed by atoms with Crippen LogP contribution in [0.2, 0.25) is 5.02 Å². The average molecular weight is 475 g/mol. The van der Waals surface area contributed by atoms with Gasteiger partial charge in [-0.3, -0.25) is 4.79 Å². The van der Waals surface area contributed by atoms with Crippen LogP contribution in [0.15, 0.2) is 48.5 Å².